The minimum atomic E-state index is -0.184. The van der Waals surface area contributed by atoms with Crippen LogP contribution in [-0.4, -0.2) is 44.1 Å². The number of aliphatic hydroxyl groups is 1. The summed E-state index contributed by atoms with van der Waals surface area (Å²) >= 11 is 0. The number of imidazole rings is 1. The number of nitrogens with zero attached hydrogens (tertiary/aromatic N) is 3. The van der Waals surface area contributed by atoms with Crippen LogP contribution in [0.15, 0.2) is 54.7 Å². The average molecular weight is 396 g/mol. The van der Waals surface area contributed by atoms with Crippen LogP contribution in [-0.2, 0) is 0 Å². The Morgan fingerprint density at radius 1 is 1.14 bits per heavy atom. The lowest BCUT2D eigenvalue weighted by molar-refractivity contribution is 0.0951. The van der Waals surface area contributed by atoms with Crippen LogP contribution in [0.1, 0.15) is 22.5 Å². The minimum absolute atomic E-state index is 0. The van der Waals surface area contributed by atoms with Crippen molar-refractivity contribution in [3.8, 4) is 22.8 Å². The monoisotopic (exact) mass is 396 g/mol. The Bertz CT molecular complexity index is 1140. The van der Waals surface area contributed by atoms with Crippen LogP contribution in [0.4, 0.5) is 5.82 Å². The molecule has 4 aromatic rings. The molecular formula is C21H28N6O2. The van der Waals surface area contributed by atoms with E-state index in [2.05, 4.69) is 25.3 Å². The number of para-hydroxylation sites is 2. The maximum Gasteiger partial charge on any atom is 0.251 e. The second-order valence-corrected chi connectivity index (χ2v) is 6.50. The molecule has 8 heteroatoms. The molecule has 0 radical (unpaired) electrons. The van der Waals surface area contributed by atoms with Gasteiger partial charge >= 0.3 is 0 Å². The maximum atomic E-state index is 12.1. The number of H-pyrrole nitrogens is 1. The summed E-state index contributed by atoms with van der Waals surface area (Å²) in [6.45, 7) is 0.476. The van der Waals surface area contributed by atoms with Gasteiger partial charge in [-0.25, -0.2) is 15.0 Å². The fraction of sp³-hybridized carbons (Fsp3) is 0.143. The molecular weight excluding hydrogens is 368 g/mol. The topological polar surface area (TPSA) is 130 Å². The van der Waals surface area contributed by atoms with Crippen LogP contribution < -0.4 is 11.1 Å². The summed E-state index contributed by atoms with van der Waals surface area (Å²) < 4.78 is 0. The van der Waals surface area contributed by atoms with E-state index in [1.807, 2.05) is 36.4 Å². The molecule has 0 aliphatic carbocycles. The van der Waals surface area contributed by atoms with Crippen LogP contribution in [0, 0.1) is 0 Å². The second kappa shape index (κ2) is 8.07. The van der Waals surface area contributed by atoms with E-state index in [4.69, 9.17) is 10.8 Å². The Kier molecular flexibility index (Phi) is 5.17. The van der Waals surface area contributed by atoms with Crippen molar-refractivity contribution in [2.45, 2.75) is 6.42 Å². The first kappa shape index (κ1) is 18.6. The number of aromatic amines is 1. The third-order valence-electron chi connectivity index (χ3n) is 4.48. The van der Waals surface area contributed by atoms with E-state index in [1.54, 1.807) is 18.3 Å². The summed E-state index contributed by atoms with van der Waals surface area (Å²) in [6.07, 6.45) is 2.12. The highest BCUT2D eigenvalue weighted by Crippen LogP contribution is 2.26. The molecule has 0 bridgehead atoms. The van der Waals surface area contributed by atoms with Gasteiger partial charge in [0.25, 0.3) is 5.91 Å². The number of carbonyl (C=O) groups is 1. The molecule has 0 aliphatic rings. The average Bonchev–Trinajstić information content (AvgIpc) is 3.18. The number of aliphatic hydroxyl groups excluding tert-OH is 1. The van der Waals surface area contributed by atoms with Gasteiger partial charge in [-0.05, 0) is 30.7 Å². The normalized spacial score (nSPS) is 10.9. The standard InChI is InChI=1S/C21H20N6O2.4H2/c22-19-18(20-26-15-4-1-2-5-16(15)27-20)25-17(12-24-19)13-6-8-14(9-7-13)21(29)23-10-3-11-28;;;;/h1-2,4-9,12,28H,3,10-11H2,(H2,22,24)(H,23,29)(H,26,27);4*1H. The van der Waals surface area contributed by atoms with Crippen molar-refractivity contribution in [2.24, 2.45) is 0 Å². The van der Waals surface area contributed by atoms with Crippen LogP contribution in [0.3, 0.4) is 0 Å². The van der Waals surface area contributed by atoms with E-state index in [1.165, 1.54) is 0 Å². The smallest absolute Gasteiger partial charge is 0.251 e. The number of nitrogens with two attached hydrogens (primary N) is 1. The zero-order valence-corrected chi connectivity index (χ0v) is 15.6. The predicted molar refractivity (Wildman–Crippen MR) is 119 cm³/mol. The molecule has 2 aromatic carbocycles. The number of nitrogen functional groups attached to an aromatic ring is 1. The highest BCUT2D eigenvalue weighted by molar-refractivity contribution is 5.94. The molecule has 29 heavy (non-hydrogen) atoms. The van der Waals surface area contributed by atoms with Gasteiger partial charge in [0.2, 0.25) is 0 Å². The lowest BCUT2D eigenvalue weighted by atomic mass is 10.1. The Morgan fingerprint density at radius 3 is 2.69 bits per heavy atom. The Balaban J connectivity index is 0.00000256. The van der Waals surface area contributed by atoms with Gasteiger partial charge in [0.15, 0.2) is 11.6 Å². The van der Waals surface area contributed by atoms with Gasteiger partial charge in [-0.1, -0.05) is 24.3 Å². The number of carbonyl (C=O) groups excluding carboxylic acids is 1. The summed E-state index contributed by atoms with van der Waals surface area (Å²) in [7, 11) is 0. The fourth-order valence-corrected chi connectivity index (χ4v) is 2.95. The Labute approximate surface area is 172 Å². The van der Waals surface area contributed by atoms with Crippen molar-refractivity contribution < 1.29 is 15.6 Å². The molecule has 5 N–H and O–H groups in total. The van der Waals surface area contributed by atoms with E-state index >= 15 is 0 Å². The van der Waals surface area contributed by atoms with Gasteiger partial charge in [-0.2, -0.15) is 0 Å². The predicted octanol–water partition coefficient (Wildman–Crippen LogP) is 3.37. The molecule has 0 atom stereocenters. The van der Waals surface area contributed by atoms with Gasteiger partial charge in [0.1, 0.15) is 5.69 Å². The van der Waals surface area contributed by atoms with E-state index in [9.17, 15) is 4.79 Å². The molecule has 0 saturated carbocycles. The number of amides is 1. The van der Waals surface area contributed by atoms with Crippen molar-refractivity contribution in [1.29, 1.82) is 0 Å². The van der Waals surface area contributed by atoms with Crippen molar-refractivity contribution in [1.82, 2.24) is 25.3 Å². The van der Waals surface area contributed by atoms with Crippen molar-refractivity contribution in [3.05, 3.63) is 60.3 Å². The van der Waals surface area contributed by atoms with E-state index in [-0.39, 0.29) is 24.0 Å². The van der Waals surface area contributed by atoms with Gasteiger partial charge in [0, 0.05) is 30.0 Å². The molecule has 8 nitrogen and oxygen atoms in total. The first-order valence-electron chi connectivity index (χ1n) is 9.23. The first-order chi connectivity index (χ1) is 14.2. The summed E-state index contributed by atoms with van der Waals surface area (Å²) in [5.74, 6) is 0.655. The number of hydrogen-bond acceptors (Lipinski definition) is 6. The maximum absolute atomic E-state index is 12.1. The highest BCUT2D eigenvalue weighted by Gasteiger charge is 2.13. The molecule has 0 fully saturated rings. The largest absolute Gasteiger partial charge is 0.396 e. The van der Waals surface area contributed by atoms with E-state index in [0.717, 1.165) is 16.6 Å². The van der Waals surface area contributed by atoms with Gasteiger partial charge in [-0.15, -0.1) is 0 Å². The van der Waals surface area contributed by atoms with Crippen molar-refractivity contribution >= 4 is 22.8 Å². The summed E-state index contributed by atoms with van der Waals surface area (Å²) in [4.78, 5) is 28.7. The van der Waals surface area contributed by atoms with Crippen molar-refractivity contribution in [2.75, 3.05) is 18.9 Å². The molecule has 0 spiro atoms. The Hall–Kier alpha value is -3.78. The number of aromatic nitrogens is 4. The Morgan fingerprint density at radius 2 is 1.93 bits per heavy atom. The molecule has 2 aromatic heterocycles. The number of anilines is 1. The second-order valence-electron chi connectivity index (χ2n) is 6.50. The third-order valence-corrected chi connectivity index (χ3v) is 4.48. The molecule has 0 aliphatic heterocycles. The lowest BCUT2D eigenvalue weighted by Crippen LogP contribution is -2.24. The van der Waals surface area contributed by atoms with Gasteiger partial charge in [0.05, 0.1) is 22.9 Å². The summed E-state index contributed by atoms with van der Waals surface area (Å²) in [5, 5.41) is 11.6. The number of fused-ring (bicyclic) bond motifs is 1. The minimum Gasteiger partial charge on any atom is -0.396 e. The summed E-state index contributed by atoms with van der Waals surface area (Å²) in [5.41, 5.74) is 10.2. The van der Waals surface area contributed by atoms with Crippen LogP contribution in [0.25, 0.3) is 33.8 Å². The number of rotatable bonds is 6. The molecule has 154 valence electrons. The number of hydrogen-bond donors (Lipinski definition) is 4. The lowest BCUT2D eigenvalue weighted by Gasteiger charge is -2.07. The summed E-state index contributed by atoms with van der Waals surface area (Å²) in [6, 6.07) is 14.8. The molecule has 4 rings (SSSR count). The SMILES string of the molecule is Nc1ncc(-c2ccc(C(=O)NCCCO)cc2)nc1-c1nc2ccccc2[nH]1.[HH].[HH].[HH].[HH]. The molecule has 1 amide bonds. The van der Waals surface area contributed by atoms with Gasteiger partial charge in [-0.3, -0.25) is 4.79 Å². The zero-order valence-electron chi connectivity index (χ0n) is 15.6. The quantitative estimate of drug-likeness (QED) is 0.370. The van der Waals surface area contributed by atoms with E-state index in [0.29, 0.717) is 35.7 Å². The third kappa shape index (κ3) is 3.92. The molecule has 2 heterocycles. The number of benzene rings is 2. The van der Waals surface area contributed by atoms with Crippen LogP contribution >= 0.6 is 0 Å². The van der Waals surface area contributed by atoms with Gasteiger partial charge < -0.3 is 21.1 Å². The highest BCUT2D eigenvalue weighted by atomic mass is 16.3. The zero-order chi connectivity index (χ0) is 20.2. The van der Waals surface area contributed by atoms with E-state index < -0.39 is 0 Å². The fourth-order valence-electron chi connectivity index (χ4n) is 2.95. The first-order valence-corrected chi connectivity index (χ1v) is 9.23. The molecule has 0 unspecified atom stereocenters. The molecule has 0 saturated heterocycles. The van der Waals surface area contributed by atoms with Crippen molar-refractivity contribution in [3.63, 3.8) is 0 Å². The van der Waals surface area contributed by atoms with Crippen LogP contribution in [0.5, 0.6) is 0 Å². The van der Waals surface area contributed by atoms with Crippen LogP contribution in [0.2, 0.25) is 0 Å². The number of nitrogens with one attached hydrogen (secondary N) is 2.